The second kappa shape index (κ2) is 7.77. The lowest BCUT2D eigenvalue weighted by atomic mass is 10.0. The summed E-state index contributed by atoms with van der Waals surface area (Å²) in [5, 5.41) is 3.16. The van der Waals surface area contributed by atoms with Gasteiger partial charge in [0.25, 0.3) is 0 Å². The molecule has 0 atom stereocenters. The van der Waals surface area contributed by atoms with Crippen molar-refractivity contribution >= 4 is 6.03 Å². The lowest BCUT2D eigenvalue weighted by Crippen LogP contribution is -2.47. The Morgan fingerprint density at radius 1 is 1.39 bits per heavy atom. The van der Waals surface area contributed by atoms with Crippen LogP contribution in [0.25, 0.3) is 0 Å². The van der Waals surface area contributed by atoms with Crippen LogP contribution < -0.4 is 5.32 Å². The molecule has 0 aliphatic heterocycles. The van der Waals surface area contributed by atoms with Crippen molar-refractivity contribution < 1.29 is 13.9 Å². The van der Waals surface area contributed by atoms with Crippen molar-refractivity contribution in [3.8, 4) is 0 Å². The zero-order valence-electron chi connectivity index (χ0n) is 14.3. The lowest BCUT2D eigenvalue weighted by Gasteiger charge is -2.27. The summed E-state index contributed by atoms with van der Waals surface area (Å²) in [7, 11) is 1.60. The molecule has 0 spiro atoms. The fourth-order valence-electron chi connectivity index (χ4n) is 2.90. The van der Waals surface area contributed by atoms with E-state index in [0.717, 1.165) is 19.3 Å². The van der Waals surface area contributed by atoms with Crippen LogP contribution in [0.15, 0.2) is 24.3 Å². The van der Waals surface area contributed by atoms with Crippen molar-refractivity contribution in [1.29, 1.82) is 0 Å². The van der Waals surface area contributed by atoms with Gasteiger partial charge < -0.3 is 15.0 Å². The summed E-state index contributed by atoms with van der Waals surface area (Å²) in [5.74, 6) is 0.253. The summed E-state index contributed by atoms with van der Waals surface area (Å²) in [5.41, 5.74) is 0.457. The molecule has 128 valence electrons. The van der Waals surface area contributed by atoms with Gasteiger partial charge >= 0.3 is 6.03 Å². The largest absolute Gasteiger partial charge is 0.383 e. The second-order valence-electron chi connectivity index (χ2n) is 6.81. The maximum Gasteiger partial charge on any atom is 0.318 e. The Morgan fingerprint density at radius 2 is 2.09 bits per heavy atom. The average Bonchev–Trinajstić information content (AvgIpc) is 3.23. The molecule has 0 heterocycles. The summed E-state index contributed by atoms with van der Waals surface area (Å²) in [6.07, 6.45) is 3.03. The van der Waals surface area contributed by atoms with Crippen LogP contribution >= 0.6 is 0 Å². The standard InChI is InChI=1S/C18H27FN2O2/c1-14(2)12-18(8-9-18)20-17(22)21(10-11-23-3)13-15-6-4-5-7-16(15)19/h4-7,14H,8-13H2,1-3H3,(H,20,22). The molecule has 0 radical (unpaired) electrons. The number of carbonyl (C=O) groups excluding carboxylic acids is 1. The predicted octanol–water partition coefficient (Wildman–Crippen LogP) is 3.56. The van der Waals surface area contributed by atoms with Gasteiger partial charge in [0.2, 0.25) is 0 Å². The molecule has 23 heavy (non-hydrogen) atoms. The molecule has 0 aromatic heterocycles. The molecule has 1 aromatic carbocycles. The van der Waals surface area contributed by atoms with E-state index >= 15 is 0 Å². The molecular formula is C18H27FN2O2. The van der Waals surface area contributed by atoms with Crippen LogP contribution in [0.2, 0.25) is 0 Å². The summed E-state index contributed by atoms with van der Waals surface area (Å²) >= 11 is 0. The number of ether oxygens (including phenoxy) is 1. The Balaban J connectivity index is 2.02. The monoisotopic (exact) mass is 322 g/mol. The van der Waals surface area contributed by atoms with Crippen molar-refractivity contribution in [3.05, 3.63) is 35.6 Å². The number of nitrogens with one attached hydrogen (secondary N) is 1. The van der Waals surface area contributed by atoms with Gasteiger partial charge in [0.05, 0.1) is 13.2 Å². The van der Waals surface area contributed by atoms with E-state index < -0.39 is 0 Å². The Labute approximate surface area is 138 Å². The third-order valence-electron chi connectivity index (χ3n) is 4.20. The minimum absolute atomic E-state index is 0.0637. The zero-order chi connectivity index (χ0) is 16.9. The minimum Gasteiger partial charge on any atom is -0.383 e. The minimum atomic E-state index is -0.286. The summed E-state index contributed by atoms with van der Waals surface area (Å²) in [6, 6.07) is 6.43. The van der Waals surface area contributed by atoms with Crippen molar-refractivity contribution in [2.24, 2.45) is 5.92 Å². The van der Waals surface area contributed by atoms with E-state index in [1.165, 1.54) is 6.07 Å². The maximum atomic E-state index is 13.9. The van der Waals surface area contributed by atoms with Gasteiger partial charge in [0.15, 0.2) is 0 Å². The first-order valence-corrected chi connectivity index (χ1v) is 8.25. The smallest absolute Gasteiger partial charge is 0.318 e. The van der Waals surface area contributed by atoms with Gasteiger partial charge in [-0.15, -0.1) is 0 Å². The number of nitrogens with zero attached hydrogens (tertiary/aromatic N) is 1. The topological polar surface area (TPSA) is 41.6 Å². The number of amides is 2. The first-order valence-electron chi connectivity index (χ1n) is 8.25. The normalized spacial score (nSPS) is 15.5. The first-order chi connectivity index (χ1) is 11.0. The number of benzene rings is 1. The van der Waals surface area contributed by atoms with Crippen LogP contribution in [0, 0.1) is 11.7 Å². The third kappa shape index (κ3) is 5.20. The molecule has 1 aromatic rings. The molecule has 4 nitrogen and oxygen atoms in total. The third-order valence-corrected chi connectivity index (χ3v) is 4.20. The molecule has 1 fully saturated rings. The lowest BCUT2D eigenvalue weighted by molar-refractivity contribution is 0.142. The fourth-order valence-corrected chi connectivity index (χ4v) is 2.90. The number of hydrogen-bond donors (Lipinski definition) is 1. The number of halogens is 1. The van der Waals surface area contributed by atoms with Gasteiger partial charge in [-0.25, -0.2) is 9.18 Å². The van der Waals surface area contributed by atoms with Gasteiger partial charge in [-0.2, -0.15) is 0 Å². The summed E-state index contributed by atoms with van der Waals surface area (Å²) in [6.45, 7) is 5.44. The van der Waals surface area contributed by atoms with E-state index in [4.69, 9.17) is 4.74 Å². The second-order valence-corrected chi connectivity index (χ2v) is 6.81. The summed E-state index contributed by atoms with van der Waals surface area (Å²) in [4.78, 5) is 14.3. The van der Waals surface area contributed by atoms with E-state index in [2.05, 4.69) is 19.2 Å². The van der Waals surface area contributed by atoms with Crippen molar-refractivity contribution in [2.75, 3.05) is 20.3 Å². The Morgan fingerprint density at radius 3 is 2.65 bits per heavy atom. The van der Waals surface area contributed by atoms with E-state index in [0.29, 0.717) is 24.6 Å². The molecule has 1 saturated carbocycles. The molecule has 1 aliphatic rings. The highest BCUT2D eigenvalue weighted by molar-refractivity contribution is 5.75. The molecule has 1 aliphatic carbocycles. The molecule has 0 bridgehead atoms. The maximum absolute atomic E-state index is 13.9. The van der Waals surface area contributed by atoms with Crippen LogP contribution in [-0.4, -0.2) is 36.7 Å². The van der Waals surface area contributed by atoms with Crippen LogP contribution in [0.1, 0.15) is 38.7 Å². The van der Waals surface area contributed by atoms with Crippen molar-refractivity contribution in [2.45, 2.75) is 45.2 Å². The van der Waals surface area contributed by atoms with Crippen molar-refractivity contribution in [1.82, 2.24) is 10.2 Å². The Bertz CT molecular complexity index is 530. The number of methoxy groups -OCH3 is 1. The average molecular weight is 322 g/mol. The van der Waals surface area contributed by atoms with Gasteiger partial charge in [0.1, 0.15) is 5.82 Å². The van der Waals surface area contributed by atoms with E-state index in [1.807, 2.05) is 0 Å². The molecule has 5 heteroatoms. The fraction of sp³-hybridized carbons (Fsp3) is 0.611. The van der Waals surface area contributed by atoms with Crippen LogP contribution in [0.4, 0.5) is 9.18 Å². The quantitative estimate of drug-likeness (QED) is 0.795. The molecule has 0 unspecified atom stereocenters. The predicted molar refractivity (Wildman–Crippen MR) is 88.6 cm³/mol. The van der Waals surface area contributed by atoms with Gasteiger partial charge in [0, 0.05) is 24.8 Å². The highest BCUT2D eigenvalue weighted by atomic mass is 19.1. The van der Waals surface area contributed by atoms with E-state index in [-0.39, 0.29) is 23.9 Å². The van der Waals surface area contributed by atoms with Gasteiger partial charge in [-0.3, -0.25) is 0 Å². The van der Waals surface area contributed by atoms with Crippen LogP contribution in [0.3, 0.4) is 0 Å². The van der Waals surface area contributed by atoms with E-state index in [1.54, 1.807) is 30.2 Å². The number of rotatable bonds is 8. The molecule has 0 saturated heterocycles. The molecular weight excluding hydrogens is 295 g/mol. The van der Waals surface area contributed by atoms with E-state index in [9.17, 15) is 9.18 Å². The highest BCUT2D eigenvalue weighted by Crippen LogP contribution is 2.41. The Hall–Kier alpha value is -1.62. The van der Waals surface area contributed by atoms with Gasteiger partial charge in [-0.05, 0) is 31.2 Å². The number of hydrogen-bond acceptors (Lipinski definition) is 2. The van der Waals surface area contributed by atoms with Crippen LogP contribution in [0.5, 0.6) is 0 Å². The number of carbonyl (C=O) groups is 1. The highest BCUT2D eigenvalue weighted by Gasteiger charge is 2.44. The summed E-state index contributed by atoms with van der Waals surface area (Å²) < 4.78 is 19.0. The van der Waals surface area contributed by atoms with Crippen molar-refractivity contribution in [3.63, 3.8) is 0 Å². The Kier molecular flexibility index (Phi) is 5.99. The SMILES string of the molecule is COCCN(Cc1ccccc1F)C(=O)NC1(CC(C)C)CC1. The molecule has 1 N–H and O–H groups in total. The number of urea groups is 1. The van der Waals surface area contributed by atoms with Crippen LogP contribution in [-0.2, 0) is 11.3 Å². The zero-order valence-corrected chi connectivity index (χ0v) is 14.3. The van der Waals surface area contributed by atoms with Gasteiger partial charge in [-0.1, -0.05) is 32.0 Å². The molecule has 2 rings (SSSR count). The first kappa shape index (κ1) is 17.7. The molecule has 2 amide bonds.